The van der Waals surface area contributed by atoms with Crippen LogP contribution >= 0.6 is 0 Å². The first-order valence-corrected chi connectivity index (χ1v) is 6.54. The highest BCUT2D eigenvalue weighted by atomic mass is 16.5. The van der Waals surface area contributed by atoms with Crippen LogP contribution in [0.25, 0.3) is 0 Å². The second kappa shape index (κ2) is 6.58. The van der Waals surface area contributed by atoms with Gasteiger partial charge in [-0.25, -0.2) is 0 Å². The average molecular weight is 229 g/mol. The first-order chi connectivity index (χ1) is 7.47. The molecule has 0 radical (unpaired) electrons. The quantitative estimate of drug-likeness (QED) is 0.757. The summed E-state index contributed by atoms with van der Waals surface area (Å²) in [7, 11) is 0. The van der Waals surface area contributed by atoms with Crippen molar-refractivity contribution < 1.29 is 9.84 Å². The van der Waals surface area contributed by atoms with E-state index in [1.165, 1.54) is 0 Å². The second-order valence-corrected chi connectivity index (χ2v) is 5.52. The Morgan fingerprint density at radius 3 is 2.31 bits per heavy atom. The van der Waals surface area contributed by atoms with Gasteiger partial charge in [0.1, 0.15) is 0 Å². The third-order valence-electron chi connectivity index (χ3n) is 3.20. The molecule has 0 amide bonds. The molecule has 1 saturated heterocycles. The fourth-order valence-electron chi connectivity index (χ4n) is 2.61. The van der Waals surface area contributed by atoms with E-state index in [-0.39, 0.29) is 6.10 Å². The summed E-state index contributed by atoms with van der Waals surface area (Å²) < 4.78 is 5.71. The van der Waals surface area contributed by atoms with E-state index < -0.39 is 0 Å². The van der Waals surface area contributed by atoms with Crippen LogP contribution in [-0.4, -0.2) is 36.0 Å². The van der Waals surface area contributed by atoms with Crippen molar-refractivity contribution in [2.75, 3.05) is 6.54 Å². The van der Waals surface area contributed by atoms with Gasteiger partial charge in [0.05, 0.1) is 18.3 Å². The van der Waals surface area contributed by atoms with Gasteiger partial charge in [-0.2, -0.15) is 0 Å². The average Bonchev–Trinajstić information content (AvgIpc) is 2.12. The molecular weight excluding hydrogens is 202 g/mol. The summed E-state index contributed by atoms with van der Waals surface area (Å²) in [6.45, 7) is 9.32. The van der Waals surface area contributed by atoms with E-state index in [4.69, 9.17) is 4.74 Å². The molecule has 0 aromatic carbocycles. The van der Waals surface area contributed by atoms with E-state index in [9.17, 15) is 5.11 Å². The van der Waals surface area contributed by atoms with Crippen LogP contribution in [0.1, 0.15) is 47.0 Å². The van der Waals surface area contributed by atoms with E-state index in [1.54, 1.807) is 0 Å². The van der Waals surface area contributed by atoms with Crippen molar-refractivity contribution in [3.05, 3.63) is 0 Å². The second-order valence-electron chi connectivity index (χ2n) is 5.52. The number of nitrogens with one attached hydrogen (secondary N) is 1. The molecule has 1 rings (SSSR count). The van der Waals surface area contributed by atoms with Crippen molar-refractivity contribution in [1.82, 2.24) is 5.32 Å². The van der Waals surface area contributed by atoms with Gasteiger partial charge in [0.15, 0.2) is 0 Å². The Labute approximate surface area is 99.6 Å². The molecule has 96 valence electrons. The number of ether oxygens (including phenoxy) is 1. The first-order valence-electron chi connectivity index (χ1n) is 6.54. The molecule has 0 aliphatic carbocycles. The molecule has 4 atom stereocenters. The molecule has 0 aromatic heterocycles. The highest BCUT2D eigenvalue weighted by Gasteiger charge is 2.24. The lowest BCUT2D eigenvalue weighted by molar-refractivity contribution is -0.0425. The minimum absolute atomic E-state index is 0.190. The molecule has 1 heterocycles. The van der Waals surface area contributed by atoms with Gasteiger partial charge in [0, 0.05) is 6.04 Å². The van der Waals surface area contributed by atoms with E-state index >= 15 is 0 Å². The van der Waals surface area contributed by atoms with Gasteiger partial charge < -0.3 is 15.2 Å². The van der Waals surface area contributed by atoms with Gasteiger partial charge in [-0.3, -0.25) is 0 Å². The molecule has 16 heavy (non-hydrogen) atoms. The maximum Gasteiger partial charge on any atom is 0.0565 e. The molecule has 4 unspecified atom stereocenters. The van der Waals surface area contributed by atoms with Crippen LogP contribution in [-0.2, 0) is 4.74 Å². The molecule has 0 spiro atoms. The highest BCUT2D eigenvalue weighted by molar-refractivity contribution is 4.79. The Bertz CT molecular complexity index is 186. The largest absolute Gasteiger partial charge is 0.393 e. The molecule has 3 heteroatoms. The molecule has 0 bridgehead atoms. The van der Waals surface area contributed by atoms with Crippen molar-refractivity contribution in [3.63, 3.8) is 0 Å². The number of aliphatic hydroxyl groups is 1. The van der Waals surface area contributed by atoms with E-state index in [0.717, 1.165) is 25.8 Å². The minimum atomic E-state index is -0.190. The number of hydrogen-bond donors (Lipinski definition) is 2. The van der Waals surface area contributed by atoms with Crippen molar-refractivity contribution in [1.29, 1.82) is 0 Å². The van der Waals surface area contributed by atoms with Gasteiger partial charge in [-0.05, 0) is 52.5 Å². The van der Waals surface area contributed by atoms with Gasteiger partial charge in [0.2, 0.25) is 0 Å². The maximum absolute atomic E-state index is 9.30. The van der Waals surface area contributed by atoms with Crippen LogP contribution in [0.4, 0.5) is 0 Å². The summed E-state index contributed by atoms with van der Waals surface area (Å²) in [5.41, 5.74) is 0. The summed E-state index contributed by atoms with van der Waals surface area (Å²) in [4.78, 5) is 0. The van der Waals surface area contributed by atoms with Crippen molar-refractivity contribution in [2.24, 2.45) is 5.92 Å². The molecule has 2 N–H and O–H groups in total. The Hall–Kier alpha value is -0.120. The summed E-state index contributed by atoms with van der Waals surface area (Å²) in [5, 5.41) is 12.9. The Balaban J connectivity index is 2.21. The van der Waals surface area contributed by atoms with Gasteiger partial charge in [0.25, 0.3) is 0 Å². The fraction of sp³-hybridized carbons (Fsp3) is 1.00. The SMILES string of the molecule is CC(O)CC(C)CNC1CC(C)OC(C)C1. The van der Waals surface area contributed by atoms with E-state index in [0.29, 0.717) is 24.2 Å². The van der Waals surface area contributed by atoms with Gasteiger partial charge >= 0.3 is 0 Å². The zero-order valence-electron chi connectivity index (χ0n) is 11.1. The summed E-state index contributed by atoms with van der Waals surface area (Å²) >= 11 is 0. The predicted molar refractivity (Wildman–Crippen MR) is 66.5 cm³/mol. The lowest BCUT2D eigenvalue weighted by Crippen LogP contribution is -2.42. The third kappa shape index (κ3) is 5.28. The predicted octanol–water partition coefficient (Wildman–Crippen LogP) is 1.94. The fourth-order valence-corrected chi connectivity index (χ4v) is 2.61. The Morgan fingerprint density at radius 2 is 1.81 bits per heavy atom. The molecule has 1 fully saturated rings. The molecule has 0 aromatic rings. The summed E-state index contributed by atoms with van der Waals surface area (Å²) in [6, 6.07) is 0.579. The van der Waals surface area contributed by atoms with Crippen LogP contribution in [0.3, 0.4) is 0 Å². The lowest BCUT2D eigenvalue weighted by Gasteiger charge is -2.33. The molecule has 1 aliphatic heterocycles. The highest BCUT2D eigenvalue weighted by Crippen LogP contribution is 2.19. The zero-order valence-corrected chi connectivity index (χ0v) is 11.1. The monoisotopic (exact) mass is 229 g/mol. The van der Waals surface area contributed by atoms with Crippen molar-refractivity contribution >= 4 is 0 Å². The van der Waals surface area contributed by atoms with Crippen LogP contribution in [0.2, 0.25) is 0 Å². The zero-order chi connectivity index (χ0) is 12.1. The Morgan fingerprint density at radius 1 is 1.25 bits per heavy atom. The number of rotatable bonds is 5. The minimum Gasteiger partial charge on any atom is -0.393 e. The van der Waals surface area contributed by atoms with Crippen LogP contribution in [0, 0.1) is 5.92 Å². The summed E-state index contributed by atoms with van der Waals surface area (Å²) in [6.07, 6.45) is 3.63. The standard InChI is InChI=1S/C13H27NO2/c1-9(5-10(2)15)8-14-13-6-11(3)16-12(4)7-13/h9-15H,5-8H2,1-4H3. The van der Waals surface area contributed by atoms with Crippen LogP contribution in [0.15, 0.2) is 0 Å². The smallest absolute Gasteiger partial charge is 0.0565 e. The first kappa shape index (κ1) is 13.9. The van der Waals surface area contributed by atoms with E-state index in [1.807, 2.05) is 6.92 Å². The number of aliphatic hydroxyl groups excluding tert-OH is 1. The molecule has 3 nitrogen and oxygen atoms in total. The molecular formula is C13H27NO2. The van der Waals surface area contributed by atoms with E-state index in [2.05, 4.69) is 26.1 Å². The molecule has 1 aliphatic rings. The van der Waals surface area contributed by atoms with Crippen molar-refractivity contribution in [2.45, 2.75) is 71.3 Å². The summed E-state index contributed by atoms with van der Waals surface area (Å²) in [5.74, 6) is 0.536. The van der Waals surface area contributed by atoms with Gasteiger partial charge in [-0.15, -0.1) is 0 Å². The number of hydrogen-bond acceptors (Lipinski definition) is 3. The lowest BCUT2D eigenvalue weighted by atomic mass is 9.98. The third-order valence-corrected chi connectivity index (χ3v) is 3.20. The van der Waals surface area contributed by atoms with Crippen molar-refractivity contribution in [3.8, 4) is 0 Å². The van der Waals surface area contributed by atoms with Crippen LogP contribution < -0.4 is 5.32 Å². The van der Waals surface area contributed by atoms with Crippen LogP contribution in [0.5, 0.6) is 0 Å². The van der Waals surface area contributed by atoms with Gasteiger partial charge in [-0.1, -0.05) is 6.92 Å². The topological polar surface area (TPSA) is 41.5 Å². The maximum atomic E-state index is 9.30. The normalized spacial score (nSPS) is 34.7. The Kier molecular flexibility index (Phi) is 5.73. The molecule has 0 saturated carbocycles.